The highest BCUT2D eigenvalue weighted by Gasteiger charge is 2.42. The lowest BCUT2D eigenvalue weighted by atomic mass is 9.77. The summed E-state index contributed by atoms with van der Waals surface area (Å²) < 4.78 is 17.7. The topological polar surface area (TPSA) is 34.3 Å². The molecule has 0 amide bonds. The molecule has 4 bridgehead atoms. The van der Waals surface area contributed by atoms with Crippen molar-refractivity contribution in [3.8, 4) is 0 Å². The van der Waals surface area contributed by atoms with Crippen molar-refractivity contribution in [1.29, 1.82) is 0 Å². The van der Waals surface area contributed by atoms with Crippen LogP contribution in [0, 0.1) is 0 Å². The van der Waals surface area contributed by atoms with E-state index < -0.39 is 0 Å². The second-order valence-electron chi connectivity index (χ2n) is 7.59. The van der Waals surface area contributed by atoms with Gasteiger partial charge < -0.3 is 14.2 Å². The van der Waals surface area contributed by atoms with Crippen LogP contribution in [-0.2, 0) is 19.6 Å². The Bertz CT molecular complexity index is 676. The lowest BCUT2D eigenvalue weighted by molar-refractivity contribution is -0.0419. The van der Waals surface area contributed by atoms with Gasteiger partial charge in [0, 0.05) is 5.41 Å². The van der Waals surface area contributed by atoms with Crippen LogP contribution in [-0.4, -0.2) is 25.4 Å². The van der Waals surface area contributed by atoms with Crippen molar-refractivity contribution in [3.63, 3.8) is 0 Å². The van der Waals surface area contributed by atoms with Crippen LogP contribution in [0.4, 0.5) is 0 Å². The summed E-state index contributed by atoms with van der Waals surface area (Å²) in [7, 11) is 0. The van der Waals surface area contributed by atoms with Gasteiger partial charge in [-0.2, -0.15) is 0 Å². The van der Waals surface area contributed by atoms with E-state index in [-0.39, 0.29) is 29.8 Å². The minimum atomic E-state index is -0.0320. The van der Waals surface area contributed by atoms with Crippen LogP contribution in [0.25, 0.3) is 0 Å². The average Bonchev–Trinajstić information content (AvgIpc) is 3.48. The Balaban J connectivity index is 1.66. The molecule has 0 spiro atoms. The number of hydrogen-bond donors (Lipinski definition) is 0. The molecular weight excluding hydrogens is 300 g/mol. The molecule has 2 saturated heterocycles. The standard InChI is InChI=1S/C21H22O3/c1-21(2)15-7-3-13(4-8-15)19(17-11-22-17)24-20(18-12-23-18)14-5-9-16(21)10-6-14/h3-10,17-20H,11-12H2,1-2H3. The van der Waals surface area contributed by atoms with Crippen LogP contribution in [0.2, 0.25) is 0 Å². The van der Waals surface area contributed by atoms with E-state index in [0.29, 0.717) is 0 Å². The molecule has 3 heteroatoms. The maximum Gasteiger partial charge on any atom is 0.112 e. The summed E-state index contributed by atoms with van der Waals surface area (Å²) >= 11 is 0. The number of epoxide rings is 2. The maximum absolute atomic E-state index is 6.53. The summed E-state index contributed by atoms with van der Waals surface area (Å²) in [6.45, 7) is 6.11. The van der Waals surface area contributed by atoms with Crippen molar-refractivity contribution in [3.05, 3.63) is 70.8 Å². The molecule has 8 rings (SSSR count). The van der Waals surface area contributed by atoms with Gasteiger partial charge in [-0.05, 0) is 22.3 Å². The van der Waals surface area contributed by atoms with Crippen LogP contribution < -0.4 is 0 Å². The third-order valence-corrected chi connectivity index (χ3v) is 5.61. The number of benzene rings is 2. The molecule has 0 radical (unpaired) electrons. The molecule has 6 aliphatic rings. The van der Waals surface area contributed by atoms with Crippen LogP contribution in [0.1, 0.15) is 48.3 Å². The normalized spacial score (nSPS) is 32.9. The molecular formula is C21H22O3. The SMILES string of the molecule is CC1(C)c2ccc(cc2)C(C2CO2)OC(C2CO2)c2ccc1cc2. The predicted molar refractivity (Wildman–Crippen MR) is 91.1 cm³/mol. The zero-order valence-corrected chi connectivity index (χ0v) is 14.1. The third kappa shape index (κ3) is 2.39. The predicted octanol–water partition coefficient (Wildman–Crippen LogP) is 3.92. The Morgan fingerprint density at radius 1 is 0.708 bits per heavy atom. The fourth-order valence-electron chi connectivity index (χ4n) is 3.73. The number of hydrogen-bond acceptors (Lipinski definition) is 3. The molecule has 3 nitrogen and oxygen atoms in total. The van der Waals surface area contributed by atoms with E-state index in [0.717, 1.165) is 13.2 Å². The van der Waals surface area contributed by atoms with Crippen LogP contribution in [0.15, 0.2) is 48.5 Å². The molecule has 2 aromatic rings. The molecule has 2 aromatic carbocycles. The molecule has 0 aliphatic carbocycles. The van der Waals surface area contributed by atoms with Crippen molar-refractivity contribution in [2.45, 2.75) is 43.7 Å². The second kappa shape index (κ2) is 5.16. The zero-order chi connectivity index (χ0) is 16.3. The van der Waals surface area contributed by atoms with Gasteiger partial charge in [0.25, 0.3) is 0 Å². The van der Waals surface area contributed by atoms with Gasteiger partial charge in [0.2, 0.25) is 0 Å². The van der Waals surface area contributed by atoms with Crippen molar-refractivity contribution in [2.75, 3.05) is 13.2 Å². The molecule has 0 aromatic heterocycles. The Labute approximate surface area is 142 Å². The van der Waals surface area contributed by atoms with Gasteiger partial charge in [0.1, 0.15) is 24.4 Å². The van der Waals surface area contributed by atoms with Gasteiger partial charge >= 0.3 is 0 Å². The van der Waals surface area contributed by atoms with E-state index in [9.17, 15) is 0 Å². The van der Waals surface area contributed by atoms with E-state index in [1.807, 2.05) is 0 Å². The van der Waals surface area contributed by atoms with Crippen molar-refractivity contribution in [1.82, 2.24) is 0 Å². The largest absolute Gasteiger partial charge is 0.370 e. The quantitative estimate of drug-likeness (QED) is 0.786. The lowest BCUT2D eigenvalue weighted by Gasteiger charge is -2.30. The summed E-state index contributed by atoms with van der Waals surface area (Å²) in [5.74, 6) is 0. The number of ether oxygens (including phenoxy) is 3. The van der Waals surface area contributed by atoms with E-state index in [4.69, 9.17) is 14.2 Å². The summed E-state index contributed by atoms with van der Waals surface area (Å²) in [6, 6.07) is 17.7. The first-order chi connectivity index (χ1) is 11.6. The smallest absolute Gasteiger partial charge is 0.112 e. The van der Waals surface area contributed by atoms with E-state index >= 15 is 0 Å². The molecule has 6 heterocycles. The second-order valence-corrected chi connectivity index (χ2v) is 7.59. The molecule has 6 aliphatic heterocycles. The van der Waals surface area contributed by atoms with Crippen molar-refractivity contribution < 1.29 is 14.2 Å². The lowest BCUT2D eigenvalue weighted by Crippen LogP contribution is -2.22. The van der Waals surface area contributed by atoms with Crippen molar-refractivity contribution in [2.24, 2.45) is 0 Å². The summed E-state index contributed by atoms with van der Waals surface area (Å²) in [5, 5.41) is 0. The van der Waals surface area contributed by atoms with E-state index in [1.54, 1.807) is 0 Å². The van der Waals surface area contributed by atoms with Crippen LogP contribution >= 0.6 is 0 Å². The van der Waals surface area contributed by atoms with Gasteiger partial charge in [0.15, 0.2) is 0 Å². The zero-order valence-electron chi connectivity index (χ0n) is 14.1. The van der Waals surface area contributed by atoms with Gasteiger partial charge in [0.05, 0.1) is 13.2 Å². The summed E-state index contributed by atoms with van der Waals surface area (Å²) in [6.07, 6.45) is 0.255. The molecule has 124 valence electrons. The third-order valence-electron chi connectivity index (χ3n) is 5.61. The van der Waals surface area contributed by atoms with Gasteiger partial charge in [-0.1, -0.05) is 62.4 Å². The summed E-state index contributed by atoms with van der Waals surface area (Å²) in [4.78, 5) is 0. The molecule has 4 unspecified atom stereocenters. The Hall–Kier alpha value is -1.68. The first-order valence-electron chi connectivity index (χ1n) is 8.72. The highest BCUT2D eigenvalue weighted by molar-refractivity contribution is 5.41. The highest BCUT2D eigenvalue weighted by atomic mass is 16.6. The van der Waals surface area contributed by atoms with Gasteiger partial charge in [-0.25, -0.2) is 0 Å². The molecule has 0 saturated carbocycles. The Morgan fingerprint density at radius 3 is 1.42 bits per heavy atom. The molecule has 0 N–H and O–H groups in total. The van der Waals surface area contributed by atoms with Gasteiger partial charge in [-0.15, -0.1) is 0 Å². The van der Waals surface area contributed by atoms with E-state index in [2.05, 4.69) is 62.4 Å². The van der Waals surface area contributed by atoms with Crippen LogP contribution in [0.3, 0.4) is 0 Å². The fourth-order valence-corrected chi connectivity index (χ4v) is 3.73. The van der Waals surface area contributed by atoms with E-state index in [1.165, 1.54) is 22.3 Å². The Kier molecular flexibility index (Phi) is 3.15. The highest BCUT2D eigenvalue weighted by Crippen LogP contribution is 2.42. The average molecular weight is 322 g/mol. The molecule has 2 fully saturated rings. The first kappa shape index (κ1) is 14.6. The fraction of sp³-hybridized carbons (Fsp3) is 0.429. The van der Waals surface area contributed by atoms with Gasteiger partial charge in [-0.3, -0.25) is 0 Å². The van der Waals surface area contributed by atoms with Crippen molar-refractivity contribution >= 4 is 0 Å². The number of rotatable bonds is 2. The molecule has 4 atom stereocenters. The monoisotopic (exact) mass is 322 g/mol. The molecule has 24 heavy (non-hydrogen) atoms. The van der Waals surface area contributed by atoms with Crippen LogP contribution in [0.5, 0.6) is 0 Å². The minimum absolute atomic E-state index is 0.0196. The summed E-state index contributed by atoms with van der Waals surface area (Å²) in [5.41, 5.74) is 5.00. The minimum Gasteiger partial charge on any atom is -0.370 e. The first-order valence-corrected chi connectivity index (χ1v) is 8.72. The Morgan fingerprint density at radius 2 is 1.08 bits per heavy atom. The maximum atomic E-state index is 6.53.